The van der Waals surface area contributed by atoms with Gasteiger partial charge in [0.05, 0.1) is 0 Å². The first-order chi connectivity index (χ1) is 5.16. The lowest BCUT2D eigenvalue weighted by molar-refractivity contribution is -0.140. The van der Waals surface area contributed by atoms with Crippen molar-refractivity contribution in [1.82, 2.24) is 4.90 Å². The molecule has 1 N–H and O–H groups in total. The maximum Gasteiger partial charge on any atom is 0.327 e. The van der Waals surface area contributed by atoms with Crippen molar-refractivity contribution >= 4 is 23.0 Å². The third kappa shape index (κ3) is 1.48. The van der Waals surface area contributed by atoms with E-state index in [0.717, 1.165) is 11.8 Å². The van der Waals surface area contributed by atoms with Crippen molar-refractivity contribution in [1.29, 1.82) is 0 Å². The Morgan fingerprint density at radius 2 is 2.55 bits per heavy atom. The van der Waals surface area contributed by atoms with Gasteiger partial charge in [0.1, 0.15) is 6.04 Å². The van der Waals surface area contributed by atoms with E-state index in [9.17, 15) is 9.59 Å². The quantitative estimate of drug-likeness (QED) is 0.668. The normalized spacial score (nSPS) is 24.3. The molecule has 1 atom stereocenters. The molecule has 1 amide bonds. The Morgan fingerprint density at radius 1 is 1.91 bits per heavy atom. The highest BCUT2D eigenvalue weighted by Gasteiger charge is 2.35. The summed E-state index contributed by atoms with van der Waals surface area (Å²) in [6.07, 6.45) is 0. The van der Waals surface area contributed by atoms with E-state index in [-0.39, 0.29) is 5.24 Å². The number of carboxylic acids is 1. The van der Waals surface area contributed by atoms with Crippen molar-refractivity contribution in [2.75, 3.05) is 12.3 Å². The molecule has 1 rings (SSSR count). The lowest BCUT2D eigenvalue weighted by atomic mass is 10.3. The summed E-state index contributed by atoms with van der Waals surface area (Å²) in [7, 11) is 0. The largest absolute Gasteiger partial charge is 0.480 e. The van der Waals surface area contributed by atoms with E-state index in [2.05, 4.69) is 0 Å². The molecular weight excluding hydrogens is 166 g/mol. The van der Waals surface area contributed by atoms with Crippen LogP contribution in [-0.4, -0.2) is 39.6 Å². The molecule has 1 aliphatic rings. The Bertz CT molecular complexity index is 194. The van der Waals surface area contributed by atoms with Gasteiger partial charge in [0.15, 0.2) is 0 Å². The van der Waals surface area contributed by atoms with E-state index in [1.807, 2.05) is 0 Å². The molecule has 11 heavy (non-hydrogen) atoms. The summed E-state index contributed by atoms with van der Waals surface area (Å²) in [4.78, 5) is 22.8. The molecule has 0 aromatic carbocycles. The number of aliphatic carboxylic acids is 1. The lowest BCUT2D eigenvalue weighted by Gasteiger charge is -2.17. The maximum atomic E-state index is 10.9. The molecule has 62 valence electrons. The van der Waals surface area contributed by atoms with Crippen LogP contribution in [0.4, 0.5) is 4.79 Å². The molecule has 0 aromatic heterocycles. The van der Waals surface area contributed by atoms with Crippen molar-refractivity contribution in [3.63, 3.8) is 0 Å². The number of hydrogen-bond donors (Lipinski definition) is 1. The van der Waals surface area contributed by atoms with Gasteiger partial charge in [-0.3, -0.25) is 4.79 Å². The lowest BCUT2D eigenvalue weighted by Crippen LogP contribution is -2.38. The number of carbonyl (C=O) groups excluding carboxylic acids is 1. The van der Waals surface area contributed by atoms with Crippen molar-refractivity contribution in [3.8, 4) is 0 Å². The highest BCUT2D eigenvalue weighted by atomic mass is 32.2. The Hall–Kier alpha value is -0.710. The van der Waals surface area contributed by atoms with Crippen LogP contribution in [0, 0.1) is 0 Å². The SMILES string of the molecule is CCN1C(=O)SCC1C(=O)O. The molecule has 0 bridgehead atoms. The van der Waals surface area contributed by atoms with Crippen LogP contribution in [0.15, 0.2) is 0 Å². The number of carboxylic acid groups (broad SMARTS) is 1. The fourth-order valence-corrected chi connectivity index (χ4v) is 2.05. The number of rotatable bonds is 2. The molecule has 0 aromatic rings. The fourth-order valence-electron chi connectivity index (χ4n) is 1.00. The first kappa shape index (κ1) is 8.39. The maximum absolute atomic E-state index is 10.9. The predicted octanol–water partition coefficient (Wildman–Crippen LogP) is 0.628. The van der Waals surface area contributed by atoms with E-state index in [4.69, 9.17) is 5.11 Å². The first-order valence-corrected chi connectivity index (χ1v) is 4.31. The second-order valence-corrected chi connectivity index (χ2v) is 3.19. The zero-order valence-electron chi connectivity index (χ0n) is 6.11. The highest BCUT2D eigenvalue weighted by molar-refractivity contribution is 8.13. The summed E-state index contributed by atoms with van der Waals surface area (Å²) in [6, 6.07) is -0.613. The van der Waals surface area contributed by atoms with Gasteiger partial charge in [0, 0.05) is 12.3 Å². The minimum atomic E-state index is -0.912. The van der Waals surface area contributed by atoms with Crippen LogP contribution >= 0.6 is 11.8 Å². The Labute approximate surface area is 68.6 Å². The molecule has 0 aliphatic carbocycles. The van der Waals surface area contributed by atoms with Crippen LogP contribution in [-0.2, 0) is 4.79 Å². The van der Waals surface area contributed by atoms with Crippen LogP contribution in [0.1, 0.15) is 6.92 Å². The third-order valence-electron chi connectivity index (χ3n) is 1.60. The van der Waals surface area contributed by atoms with Crippen LogP contribution in [0.3, 0.4) is 0 Å². The molecule has 1 fully saturated rings. The van der Waals surface area contributed by atoms with Gasteiger partial charge in [-0.1, -0.05) is 11.8 Å². The zero-order valence-corrected chi connectivity index (χ0v) is 6.93. The Balaban J connectivity index is 2.68. The number of carbonyl (C=O) groups is 2. The van der Waals surface area contributed by atoms with Gasteiger partial charge in [0.25, 0.3) is 5.24 Å². The average Bonchev–Trinajstić information content (AvgIpc) is 2.30. The van der Waals surface area contributed by atoms with Gasteiger partial charge in [-0.25, -0.2) is 4.79 Å². The topological polar surface area (TPSA) is 57.6 Å². The number of nitrogens with zero attached hydrogens (tertiary/aromatic N) is 1. The molecule has 1 saturated heterocycles. The van der Waals surface area contributed by atoms with E-state index < -0.39 is 12.0 Å². The molecule has 1 aliphatic heterocycles. The van der Waals surface area contributed by atoms with Crippen LogP contribution < -0.4 is 0 Å². The summed E-state index contributed by atoms with van der Waals surface area (Å²) < 4.78 is 0. The van der Waals surface area contributed by atoms with Gasteiger partial charge in [-0.2, -0.15) is 0 Å². The van der Waals surface area contributed by atoms with E-state index >= 15 is 0 Å². The molecular formula is C6H9NO3S. The zero-order chi connectivity index (χ0) is 8.43. The number of hydrogen-bond acceptors (Lipinski definition) is 3. The second kappa shape index (κ2) is 3.13. The van der Waals surface area contributed by atoms with Crippen molar-refractivity contribution in [3.05, 3.63) is 0 Å². The molecule has 0 radical (unpaired) electrons. The van der Waals surface area contributed by atoms with E-state index in [0.29, 0.717) is 12.3 Å². The Morgan fingerprint density at radius 3 is 2.91 bits per heavy atom. The van der Waals surface area contributed by atoms with Gasteiger partial charge in [0.2, 0.25) is 0 Å². The van der Waals surface area contributed by atoms with Crippen molar-refractivity contribution in [2.45, 2.75) is 13.0 Å². The molecule has 0 spiro atoms. The summed E-state index contributed by atoms with van der Waals surface area (Å²) in [5, 5.41) is 8.50. The smallest absolute Gasteiger partial charge is 0.327 e. The average molecular weight is 175 g/mol. The van der Waals surface area contributed by atoms with E-state index in [1.54, 1.807) is 6.92 Å². The van der Waals surface area contributed by atoms with Gasteiger partial charge in [-0.05, 0) is 6.92 Å². The Kier molecular flexibility index (Phi) is 2.38. The monoisotopic (exact) mass is 175 g/mol. The van der Waals surface area contributed by atoms with E-state index in [1.165, 1.54) is 4.90 Å². The predicted molar refractivity (Wildman–Crippen MR) is 41.7 cm³/mol. The number of amides is 1. The first-order valence-electron chi connectivity index (χ1n) is 3.33. The van der Waals surface area contributed by atoms with Crippen LogP contribution in [0.25, 0.3) is 0 Å². The summed E-state index contributed by atoms with van der Waals surface area (Å²) >= 11 is 1.07. The fraction of sp³-hybridized carbons (Fsp3) is 0.667. The van der Waals surface area contributed by atoms with Crippen molar-refractivity contribution in [2.24, 2.45) is 0 Å². The van der Waals surface area contributed by atoms with Crippen LogP contribution in [0.2, 0.25) is 0 Å². The van der Waals surface area contributed by atoms with Gasteiger partial charge >= 0.3 is 5.97 Å². The van der Waals surface area contributed by atoms with Crippen LogP contribution in [0.5, 0.6) is 0 Å². The summed E-state index contributed by atoms with van der Waals surface area (Å²) in [5.41, 5.74) is 0. The minimum Gasteiger partial charge on any atom is -0.480 e. The summed E-state index contributed by atoms with van der Waals surface area (Å²) in [5.74, 6) is -0.535. The van der Waals surface area contributed by atoms with Crippen molar-refractivity contribution < 1.29 is 14.7 Å². The number of likely N-dealkylation sites (N-methyl/N-ethyl adjacent to an activating group) is 1. The highest BCUT2D eigenvalue weighted by Crippen LogP contribution is 2.23. The van der Waals surface area contributed by atoms with Gasteiger partial charge in [-0.15, -0.1) is 0 Å². The number of thioether (sulfide) groups is 1. The molecule has 1 heterocycles. The minimum absolute atomic E-state index is 0.125. The third-order valence-corrected chi connectivity index (χ3v) is 2.57. The molecule has 0 saturated carbocycles. The standard InChI is InChI=1S/C6H9NO3S/c1-2-7-4(5(8)9)3-11-6(7)10/h4H,2-3H2,1H3,(H,8,9). The molecule has 4 nitrogen and oxygen atoms in total. The molecule has 5 heteroatoms. The van der Waals surface area contributed by atoms with Gasteiger partial charge < -0.3 is 10.0 Å². The summed E-state index contributed by atoms with van der Waals surface area (Å²) in [6.45, 7) is 2.25. The second-order valence-electron chi connectivity index (χ2n) is 2.22. The molecule has 1 unspecified atom stereocenters.